The van der Waals surface area contributed by atoms with Crippen LogP contribution in [0, 0.1) is 0 Å². The molecule has 1 aliphatic rings. The Balaban J connectivity index is 2.21. The first-order valence-electron chi connectivity index (χ1n) is 7.74. The number of Topliss-reactive ketones (excluding diaryl/α,β-unsaturated/α-hetero) is 1. The molecule has 1 aromatic carbocycles. The van der Waals surface area contributed by atoms with E-state index in [1.165, 1.54) is 0 Å². The quantitative estimate of drug-likeness (QED) is 0.591. The number of hydrogen-bond acceptors (Lipinski definition) is 4. The summed E-state index contributed by atoms with van der Waals surface area (Å²) in [7, 11) is 1.64. The lowest BCUT2D eigenvalue weighted by Crippen LogP contribution is -2.47. The normalized spacial score (nSPS) is 21.4. The summed E-state index contributed by atoms with van der Waals surface area (Å²) in [5, 5.41) is 3.43. The minimum atomic E-state index is -0.407. The van der Waals surface area contributed by atoms with E-state index in [4.69, 9.17) is 9.47 Å². The van der Waals surface area contributed by atoms with Gasteiger partial charge in [0.1, 0.15) is 12.4 Å². The predicted octanol–water partition coefficient (Wildman–Crippen LogP) is 2.82. The summed E-state index contributed by atoms with van der Waals surface area (Å²) in [6, 6.07) is 7.51. The standard InChI is InChI=1S/C17H25NO3/c1-3-9-17(10-6-11-18-17)16(19)14-7-4-5-8-15(14)21-13-12-20-2/h4-5,7-8,18H,3,6,9-13H2,1-2H3. The second-order valence-electron chi connectivity index (χ2n) is 5.53. The fraction of sp³-hybridized carbons (Fsp3) is 0.588. The van der Waals surface area contributed by atoms with E-state index in [2.05, 4.69) is 12.2 Å². The number of ketones is 1. The SMILES string of the molecule is CCCC1(C(=O)c2ccccc2OCCOC)CCCN1. The number of nitrogens with one attached hydrogen (secondary N) is 1. The Bertz CT molecular complexity index is 467. The number of ether oxygens (including phenoxy) is 2. The van der Waals surface area contributed by atoms with Crippen LogP contribution < -0.4 is 10.1 Å². The monoisotopic (exact) mass is 291 g/mol. The van der Waals surface area contributed by atoms with Gasteiger partial charge in [-0.05, 0) is 37.9 Å². The smallest absolute Gasteiger partial charge is 0.186 e. The summed E-state index contributed by atoms with van der Waals surface area (Å²) in [5.41, 5.74) is 0.270. The highest BCUT2D eigenvalue weighted by atomic mass is 16.5. The first-order valence-corrected chi connectivity index (χ1v) is 7.74. The molecule has 1 N–H and O–H groups in total. The third kappa shape index (κ3) is 3.63. The van der Waals surface area contributed by atoms with E-state index in [0.717, 1.165) is 32.2 Å². The molecular weight excluding hydrogens is 266 g/mol. The summed E-state index contributed by atoms with van der Waals surface area (Å²) >= 11 is 0. The zero-order valence-corrected chi connectivity index (χ0v) is 13.0. The summed E-state index contributed by atoms with van der Waals surface area (Å²) < 4.78 is 10.7. The van der Waals surface area contributed by atoms with Crippen LogP contribution in [-0.4, -0.2) is 38.2 Å². The third-order valence-electron chi connectivity index (χ3n) is 4.03. The summed E-state index contributed by atoms with van der Waals surface area (Å²) in [6.45, 7) is 4.00. The van der Waals surface area contributed by atoms with Gasteiger partial charge in [-0.2, -0.15) is 0 Å². The number of carbonyl (C=O) groups excluding carboxylic acids is 1. The maximum atomic E-state index is 13.0. The van der Waals surface area contributed by atoms with Crippen molar-refractivity contribution < 1.29 is 14.3 Å². The van der Waals surface area contributed by atoms with Crippen LogP contribution >= 0.6 is 0 Å². The number of para-hydroxylation sites is 1. The minimum absolute atomic E-state index is 0.162. The van der Waals surface area contributed by atoms with E-state index in [1.54, 1.807) is 7.11 Å². The van der Waals surface area contributed by atoms with E-state index in [0.29, 0.717) is 24.5 Å². The van der Waals surface area contributed by atoms with E-state index < -0.39 is 5.54 Å². The molecule has 1 saturated heterocycles. The Morgan fingerprint density at radius 2 is 2.14 bits per heavy atom. The molecule has 0 aliphatic carbocycles. The molecule has 1 unspecified atom stereocenters. The van der Waals surface area contributed by atoms with Gasteiger partial charge in [-0.1, -0.05) is 25.5 Å². The molecular formula is C17H25NO3. The molecule has 0 saturated carbocycles. The molecule has 1 heterocycles. The van der Waals surface area contributed by atoms with E-state index in [9.17, 15) is 4.79 Å². The lowest BCUT2D eigenvalue weighted by Gasteiger charge is -2.28. The fourth-order valence-electron chi connectivity index (χ4n) is 3.03. The van der Waals surface area contributed by atoms with Crippen LogP contribution in [0.4, 0.5) is 0 Å². The van der Waals surface area contributed by atoms with E-state index >= 15 is 0 Å². The van der Waals surface area contributed by atoms with Gasteiger partial charge in [-0.25, -0.2) is 0 Å². The highest BCUT2D eigenvalue weighted by Crippen LogP contribution is 2.32. The molecule has 0 amide bonds. The lowest BCUT2D eigenvalue weighted by molar-refractivity contribution is 0.0850. The molecule has 2 rings (SSSR count). The highest BCUT2D eigenvalue weighted by molar-refractivity contribution is 6.05. The average Bonchev–Trinajstić information content (AvgIpc) is 2.97. The molecule has 4 heteroatoms. The van der Waals surface area contributed by atoms with E-state index in [1.807, 2.05) is 24.3 Å². The fourth-order valence-corrected chi connectivity index (χ4v) is 3.03. The van der Waals surface area contributed by atoms with Gasteiger partial charge in [-0.15, -0.1) is 0 Å². The minimum Gasteiger partial charge on any atom is -0.490 e. The van der Waals surface area contributed by atoms with Gasteiger partial charge in [0, 0.05) is 7.11 Å². The number of benzene rings is 1. The molecule has 4 nitrogen and oxygen atoms in total. The zero-order valence-electron chi connectivity index (χ0n) is 13.0. The van der Waals surface area contributed by atoms with Crippen LogP contribution in [0.3, 0.4) is 0 Å². The van der Waals surface area contributed by atoms with Crippen LogP contribution in [0.25, 0.3) is 0 Å². The van der Waals surface area contributed by atoms with Gasteiger partial charge < -0.3 is 14.8 Å². The van der Waals surface area contributed by atoms with Crippen molar-refractivity contribution in [1.82, 2.24) is 5.32 Å². The van der Waals surface area contributed by atoms with Crippen molar-refractivity contribution in [2.24, 2.45) is 0 Å². The second-order valence-corrected chi connectivity index (χ2v) is 5.53. The van der Waals surface area contributed by atoms with E-state index in [-0.39, 0.29) is 5.78 Å². The van der Waals surface area contributed by atoms with Crippen molar-refractivity contribution in [2.75, 3.05) is 26.9 Å². The Morgan fingerprint density at radius 1 is 1.33 bits per heavy atom. The molecule has 0 radical (unpaired) electrons. The molecule has 21 heavy (non-hydrogen) atoms. The molecule has 1 aromatic rings. The van der Waals surface area contributed by atoms with Crippen LogP contribution in [-0.2, 0) is 4.74 Å². The van der Waals surface area contributed by atoms with Crippen molar-refractivity contribution in [2.45, 2.75) is 38.1 Å². The van der Waals surface area contributed by atoms with Gasteiger partial charge >= 0.3 is 0 Å². The Hall–Kier alpha value is -1.39. The molecule has 1 aliphatic heterocycles. The predicted molar refractivity (Wildman–Crippen MR) is 83.0 cm³/mol. The summed E-state index contributed by atoms with van der Waals surface area (Å²) in [5.74, 6) is 0.818. The number of carbonyl (C=O) groups is 1. The largest absolute Gasteiger partial charge is 0.490 e. The topological polar surface area (TPSA) is 47.6 Å². The van der Waals surface area contributed by atoms with Crippen molar-refractivity contribution in [3.63, 3.8) is 0 Å². The van der Waals surface area contributed by atoms with Crippen molar-refractivity contribution in [1.29, 1.82) is 0 Å². The number of rotatable bonds is 8. The van der Waals surface area contributed by atoms with Gasteiger partial charge in [-0.3, -0.25) is 4.79 Å². The van der Waals surface area contributed by atoms with Crippen LogP contribution in [0.1, 0.15) is 43.0 Å². The first-order chi connectivity index (χ1) is 10.2. The van der Waals surface area contributed by atoms with Gasteiger partial charge in [0.05, 0.1) is 17.7 Å². The number of hydrogen-bond donors (Lipinski definition) is 1. The van der Waals surface area contributed by atoms with Gasteiger partial charge in [0.15, 0.2) is 5.78 Å². The average molecular weight is 291 g/mol. The van der Waals surface area contributed by atoms with Gasteiger partial charge in [0.2, 0.25) is 0 Å². The maximum absolute atomic E-state index is 13.0. The number of methoxy groups -OCH3 is 1. The Morgan fingerprint density at radius 3 is 2.81 bits per heavy atom. The van der Waals surface area contributed by atoms with Crippen molar-refractivity contribution in [3.05, 3.63) is 29.8 Å². The molecule has 0 aromatic heterocycles. The molecule has 0 spiro atoms. The first kappa shape index (κ1) is 16.0. The molecule has 1 fully saturated rings. The van der Waals surface area contributed by atoms with Crippen molar-refractivity contribution in [3.8, 4) is 5.75 Å². The second kappa shape index (κ2) is 7.57. The van der Waals surface area contributed by atoms with Gasteiger partial charge in [0.25, 0.3) is 0 Å². The maximum Gasteiger partial charge on any atom is 0.186 e. The molecule has 1 atom stereocenters. The van der Waals surface area contributed by atoms with Crippen LogP contribution in [0.2, 0.25) is 0 Å². The zero-order chi connectivity index (χ0) is 15.1. The summed E-state index contributed by atoms with van der Waals surface area (Å²) in [6.07, 6.45) is 3.83. The molecule has 0 bridgehead atoms. The van der Waals surface area contributed by atoms with Crippen molar-refractivity contribution >= 4 is 5.78 Å². The van der Waals surface area contributed by atoms with Crippen LogP contribution in [0.15, 0.2) is 24.3 Å². The van der Waals surface area contributed by atoms with Crippen LogP contribution in [0.5, 0.6) is 5.75 Å². The molecule has 116 valence electrons. The lowest BCUT2D eigenvalue weighted by atomic mass is 9.83. The third-order valence-corrected chi connectivity index (χ3v) is 4.03. The highest BCUT2D eigenvalue weighted by Gasteiger charge is 2.41. The Kier molecular flexibility index (Phi) is 5.76. The Labute approximate surface area is 126 Å². The summed E-state index contributed by atoms with van der Waals surface area (Å²) in [4.78, 5) is 13.0.